The summed E-state index contributed by atoms with van der Waals surface area (Å²) in [7, 11) is 3.66. The Hall–Kier alpha value is -3.43. The molecule has 0 saturated carbocycles. The average Bonchev–Trinajstić information content (AvgIpc) is 2.78. The van der Waals surface area contributed by atoms with Crippen LogP contribution in [0.4, 0.5) is 27.5 Å². The minimum absolute atomic E-state index is 0.00165. The average molecular weight is 471 g/mol. The summed E-state index contributed by atoms with van der Waals surface area (Å²) >= 11 is 6.17. The third kappa shape index (κ3) is 4.69. The van der Waals surface area contributed by atoms with Gasteiger partial charge in [-0.15, -0.1) is 0 Å². The molecule has 1 aromatic heterocycles. The zero-order valence-corrected chi connectivity index (χ0v) is 19.3. The predicted molar refractivity (Wildman–Crippen MR) is 126 cm³/mol. The predicted octanol–water partition coefficient (Wildman–Crippen LogP) is 4.16. The smallest absolute Gasteiger partial charge is 0.254 e. The van der Waals surface area contributed by atoms with Crippen molar-refractivity contribution >= 4 is 40.6 Å². The highest BCUT2D eigenvalue weighted by Gasteiger charge is 2.20. The number of amides is 1. The SMILES string of the molecule is COc1cc2c(cc1Nc1ncc(C(N)=O)c(Nc3c(Cl)ccc(C)c3F)n1)CN(C)CC2. The Balaban J connectivity index is 1.71. The number of nitrogens with two attached hydrogens (primary N) is 1. The molecule has 0 saturated heterocycles. The minimum atomic E-state index is -0.761. The number of fused-ring (bicyclic) bond motifs is 1. The third-order valence-corrected chi connectivity index (χ3v) is 5.87. The van der Waals surface area contributed by atoms with Gasteiger partial charge in [-0.3, -0.25) is 4.79 Å². The van der Waals surface area contributed by atoms with E-state index >= 15 is 0 Å². The Kier molecular flexibility index (Phi) is 6.35. The second kappa shape index (κ2) is 9.21. The van der Waals surface area contributed by atoms with Crippen LogP contribution >= 0.6 is 11.6 Å². The standard InChI is InChI=1S/C23H24ClFN6O2/c1-12-4-5-16(24)20(19(12)25)29-22-15(21(26)32)10-27-23(30-22)28-17-8-14-11-31(2)7-6-13(14)9-18(17)33-3/h4-5,8-10H,6-7,11H2,1-3H3,(H2,26,32)(H2,27,28,29,30). The highest BCUT2D eigenvalue weighted by molar-refractivity contribution is 6.33. The van der Waals surface area contributed by atoms with Crippen LogP contribution in [0.5, 0.6) is 5.75 Å². The molecule has 33 heavy (non-hydrogen) atoms. The lowest BCUT2D eigenvalue weighted by Crippen LogP contribution is -2.26. The Morgan fingerprint density at radius 3 is 2.79 bits per heavy atom. The third-order valence-electron chi connectivity index (χ3n) is 5.55. The van der Waals surface area contributed by atoms with Gasteiger partial charge in [0, 0.05) is 19.3 Å². The van der Waals surface area contributed by atoms with E-state index in [1.54, 1.807) is 26.2 Å². The first-order valence-electron chi connectivity index (χ1n) is 10.3. The molecule has 0 aliphatic carbocycles. The van der Waals surface area contributed by atoms with E-state index < -0.39 is 11.7 Å². The van der Waals surface area contributed by atoms with Crippen LogP contribution in [0.2, 0.25) is 5.02 Å². The van der Waals surface area contributed by atoms with Gasteiger partial charge in [-0.2, -0.15) is 4.98 Å². The highest BCUT2D eigenvalue weighted by Crippen LogP contribution is 2.34. The molecule has 0 spiro atoms. The van der Waals surface area contributed by atoms with Gasteiger partial charge in [-0.1, -0.05) is 17.7 Å². The van der Waals surface area contributed by atoms with E-state index in [0.717, 1.165) is 19.5 Å². The number of aromatic nitrogens is 2. The molecular formula is C23H24ClFN6O2. The van der Waals surface area contributed by atoms with Crippen LogP contribution in [0, 0.1) is 12.7 Å². The Morgan fingerprint density at radius 1 is 1.27 bits per heavy atom. The number of halogens is 2. The molecule has 0 fully saturated rings. The van der Waals surface area contributed by atoms with Crippen molar-refractivity contribution in [2.75, 3.05) is 31.3 Å². The zero-order chi connectivity index (χ0) is 23.7. The van der Waals surface area contributed by atoms with Gasteiger partial charge in [0.15, 0.2) is 5.82 Å². The summed E-state index contributed by atoms with van der Waals surface area (Å²) in [6.07, 6.45) is 2.21. The molecule has 2 heterocycles. The monoisotopic (exact) mass is 470 g/mol. The van der Waals surface area contributed by atoms with Gasteiger partial charge in [0.25, 0.3) is 5.91 Å². The van der Waals surface area contributed by atoms with Crippen LogP contribution in [0.15, 0.2) is 30.5 Å². The number of benzene rings is 2. The topological polar surface area (TPSA) is 105 Å². The Morgan fingerprint density at radius 2 is 2.06 bits per heavy atom. The maximum atomic E-state index is 14.7. The molecule has 0 unspecified atom stereocenters. The fraction of sp³-hybridized carbons (Fsp3) is 0.261. The molecule has 1 aliphatic heterocycles. The molecule has 0 atom stereocenters. The van der Waals surface area contributed by atoms with Crippen LogP contribution in [-0.2, 0) is 13.0 Å². The van der Waals surface area contributed by atoms with E-state index in [0.29, 0.717) is 17.0 Å². The lowest BCUT2D eigenvalue weighted by molar-refractivity contribution is 0.100. The number of aryl methyl sites for hydroxylation is 1. The van der Waals surface area contributed by atoms with E-state index in [4.69, 9.17) is 22.1 Å². The van der Waals surface area contributed by atoms with Crippen LogP contribution in [-0.4, -0.2) is 41.5 Å². The number of hydrogen-bond acceptors (Lipinski definition) is 7. The number of methoxy groups -OCH3 is 1. The van der Waals surface area contributed by atoms with E-state index in [-0.39, 0.29) is 28.0 Å². The molecular weight excluding hydrogens is 447 g/mol. The van der Waals surface area contributed by atoms with Crippen LogP contribution in [0.1, 0.15) is 27.0 Å². The summed E-state index contributed by atoms with van der Waals surface area (Å²) in [4.78, 5) is 22.8. The lowest BCUT2D eigenvalue weighted by Gasteiger charge is -2.26. The van der Waals surface area contributed by atoms with Gasteiger partial charge in [0.2, 0.25) is 5.95 Å². The zero-order valence-electron chi connectivity index (χ0n) is 18.5. The minimum Gasteiger partial charge on any atom is -0.495 e. The lowest BCUT2D eigenvalue weighted by atomic mass is 9.99. The molecule has 10 heteroatoms. The second-order valence-corrected chi connectivity index (χ2v) is 8.34. The molecule has 4 rings (SSSR count). The van der Waals surface area contributed by atoms with Crippen molar-refractivity contribution in [2.45, 2.75) is 19.9 Å². The van der Waals surface area contributed by atoms with Gasteiger partial charge in [-0.05, 0) is 55.3 Å². The van der Waals surface area contributed by atoms with E-state index in [1.807, 2.05) is 12.1 Å². The summed E-state index contributed by atoms with van der Waals surface area (Å²) in [5.74, 6) is -0.463. The summed E-state index contributed by atoms with van der Waals surface area (Å²) in [5.41, 5.74) is 8.94. The van der Waals surface area contributed by atoms with Gasteiger partial charge in [-0.25, -0.2) is 9.37 Å². The number of anilines is 4. The first-order chi connectivity index (χ1) is 15.8. The quantitative estimate of drug-likeness (QED) is 0.496. The fourth-order valence-electron chi connectivity index (χ4n) is 3.72. The molecule has 1 amide bonds. The molecule has 1 aliphatic rings. The number of ether oxygens (including phenoxy) is 1. The first-order valence-corrected chi connectivity index (χ1v) is 10.7. The van der Waals surface area contributed by atoms with Crippen LogP contribution in [0.3, 0.4) is 0 Å². The van der Waals surface area contributed by atoms with E-state index in [1.165, 1.54) is 17.3 Å². The molecule has 3 aromatic rings. The Labute approximate surface area is 195 Å². The Bertz CT molecular complexity index is 1240. The molecule has 0 bridgehead atoms. The van der Waals surface area contributed by atoms with Crippen molar-refractivity contribution in [3.05, 3.63) is 63.6 Å². The number of rotatable bonds is 6. The van der Waals surface area contributed by atoms with Gasteiger partial charge in [0.05, 0.1) is 23.5 Å². The van der Waals surface area contributed by atoms with Gasteiger partial charge < -0.3 is 26.0 Å². The molecule has 2 aromatic carbocycles. The normalized spacial score (nSPS) is 13.4. The van der Waals surface area contributed by atoms with Crippen molar-refractivity contribution in [1.82, 2.24) is 14.9 Å². The number of carbonyl (C=O) groups excluding carboxylic acids is 1. The number of primary amides is 1. The number of likely N-dealkylation sites (N-methyl/N-ethyl adjacent to an activating group) is 1. The van der Waals surface area contributed by atoms with Crippen LogP contribution < -0.4 is 21.1 Å². The molecule has 0 radical (unpaired) electrons. The largest absolute Gasteiger partial charge is 0.495 e. The van der Waals surface area contributed by atoms with Gasteiger partial charge >= 0.3 is 0 Å². The second-order valence-electron chi connectivity index (χ2n) is 7.93. The van der Waals surface area contributed by atoms with Crippen molar-refractivity contribution in [3.8, 4) is 5.75 Å². The maximum absolute atomic E-state index is 14.7. The fourth-order valence-corrected chi connectivity index (χ4v) is 3.92. The molecule has 172 valence electrons. The van der Waals surface area contributed by atoms with Crippen molar-refractivity contribution in [2.24, 2.45) is 5.73 Å². The van der Waals surface area contributed by atoms with Crippen molar-refractivity contribution < 1.29 is 13.9 Å². The summed E-state index contributed by atoms with van der Waals surface area (Å²) < 4.78 is 20.2. The first kappa shape index (κ1) is 22.8. The van der Waals surface area contributed by atoms with E-state index in [2.05, 4.69) is 32.5 Å². The number of hydrogen-bond donors (Lipinski definition) is 3. The highest BCUT2D eigenvalue weighted by atomic mass is 35.5. The maximum Gasteiger partial charge on any atom is 0.254 e. The molecule has 8 nitrogen and oxygen atoms in total. The van der Waals surface area contributed by atoms with Crippen molar-refractivity contribution in [1.29, 1.82) is 0 Å². The summed E-state index contributed by atoms with van der Waals surface area (Å²) in [5, 5.41) is 6.08. The number of carbonyl (C=O) groups is 1. The summed E-state index contributed by atoms with van der Waals surface area (Å²) in [6.45, 7) is 3.40. The van der Waals surface area contributed by atoms with Crippen LogP contribution in [0.25, 0.3) is 0 Å². The molecule has 4 N–H and O–H groups in total. The number of nitrogens with one attached hydrogen (secondary N) is 2. The van der Waals surface area contributed by atoms with Crippen molar-refractivity contribution in [3.63, 3.8) is 0 Å². The van der Waals surface area contributed by atoms with E-state index in [9.17, 15) is 9.18 Å². The van der Waals surface area contributed by atoms with Gasteiger partial charge in [0.1, 0.15) is 17.1 Å². The number of nitrogens with zero attached hydrogens (tertiary/aromatic N) is 3. The summed E-state index contributed by atoms with van der Waals surface area (Å²) in [6, 6.07) is 7.12.